The van der Waals surface area contributed by atoms with E-state index >= 15 is 0 Å². The van der Waals surface area contributed by atoms with Crippen LogP contribution in [0.15, 0.2) is 29.2 Å². The molecule has 0 spiro atoms. The van der Waals surface area contributed by atoms with Crippen LogP contribution in [0.1, 0.15) is 78.9 Å². The Morgan fingerprint density at radius 3 is 2.40 bits per heavy atom. The second-order valence-corrected chi connectivity index (χ2v) is 13.1. The van der Waals surface area contributed by atoms with Crippen LogP contribution in [0.4, 0.5) is 11.8 Å². The van der Waals surface area contributed by atoms with E-state index in [9.17, 15) is 4.79 Å². The van der Waals surface area contributed by atoms with Crippen LogP contribution in [0.25, 0.3) is 0 Å². The van der Waals surface area contributed by atoms with Gasteiger partial charge in [-0.2, -0.15) is 4.98 Å². The fraction of sp³-hybridized carbons (Fsp3) is 0.645. The van der Waals surface area contributed by atoms with Crippen molar-refractivity contribution in [1.29, 1.82) is 0 Å². The molecule has 4 aliphatic heterocycles. The van der Waals surface area contributed by atoms with Crippen molar-refractivity contribution >= 4 is 29.4 Å². The van der Waals surface area contributed by atoms with Crippen LogP contribution in [0.3, 0.4) is 0 Å². The van der Waals surface area contributed by atoms with Crippen molar-refractivity contribution in [3.05, 3.63) is 41.1 Å². The minimum atomic E-state index is 0.211. The number of piperidine rings is 1. The van der Waals surface area contributed by atoms with E-state index < -0.39 is 0 Å². The van der Waals surface area contributed by atoms with E-state index in [2.05, 4.69) is 33.3 Å². The number of ether oxygens (including phenoxy) is 2. The van der Waals surface area contributed by atoms with E-state index in [0.29, 0.717) is 24.0 Å². The number of hydrogen-bond donors (Lipinski definition) is 1. The molecule has 4 fully saturated rings. The lowest BCUT2D eigenvalue weighted by Gasteiger charge is -2.35. The number of nitrogens with zero attached hydrogens (tertiary/aromatic N) is 4. The molecule has 1 aliphatic carbocycles. The molecule has 0 bridgehead atoms. The molecule has 1 aromatic heterocycles. The van der Waals surface area contributed by atoms with Gasteiger partial charge < -0.3 is 24.6 Å². The molecule has 0 unspecified atom stereocenters. The predicted octanol–water partition coefficient (Wildman–Crippen LogP) is 4.88. The van der Waals surface area contributed by atoms with Crippen molar-refractivity contribution in [2.45, 2.75) is 86.7 Å². The van der Waals surface area contributed by atoms with E-state index in [1.807, 2.05) is 17.8 Å². The van der Waals surface area contributed by atoms with Crippen LogP contribution in [0, 0.1) is 0 Å². The monoisotopic (exact) mass is 563 g/mol. The number of carbonyl (C=O) groups is 1. The van der Waals surface area contributed by atoms with Gasteiger partial charge in [0.25, 0.3) is 5.91 Å². The Labute approximate surface area is 241 Å². The van der Waals surface area contributed by atoms with E-state index in [4.69, 9.17) is 19.4 Å². The molecule has 1 amide bonds. The quantitative estimate of drug-likeness (QED) is 0.511. The van der Waals surface area contributed by atoms with Gasteiger partial charge in [-0.05, 0) is 75.0 Å². The second-order valence-electron chi connectivity index (χ2n) is 12.0. The fourth-order valence-corrected chi connectivity index (χ4v) is 7.82. The number of thioether (sulfide) groups is 1. The van der Waals surface area contributed by atoms with Gasteiger partial charge in [-0.3, -0.25) is 4.79 Å². The van der Waals surface area contributed by atoms with Crippen molar-refractivity contribution < 1.29 is 14.3 Å². The molecule has 1 aromatic carbocycles. The van der Waals surface area contributed by atoms with Gasteiger partial charge in [0.2, 0.25) is 5.95 Å². The summed E-state index contributed by atoms with van der Waals surface area (Å²) >= 11 is 1.88. The van der Waals surface area contributed by atoms with Crippen molar-refractivity contribution in [2.75, 3.05) is 55.5 Å². The minimum Gasteiger partial charge on any atom is -0.381 e. The highest BCUT2D eigenvalue weighted by Crippen LogP contribution is 2.39. The number of benzene rings is 1. The Bertz CT molecular complexity index is 1200. The number of carbonyl (C=O) groups excluding carboxylic acids is 1. The zero-order chi connectivity index (χ0) is 26.9. The van der Waals surface area contributed by atoms with E-state index in [0.717, 1.165) is 120 Å². The number of nitrogens with one attached hydrogen (secondary N) is 1. The first-order valence-electron chi connectivity index (χ1n) is 15.4. The summed E-state index contributed by atoms with van der Waals surface area (Å²) in [7, 11) is 0. The molecule has 7 rings (SSSR count). The molecule has 8 nitrogen and oxygen atoms in total. The maximum Gasteiger partial charge on any atom is 0.254 e. The Morgan fingerprint density at radius 2 is 1.65 bits per heavy atom. The van der Waals surface area contributed by atoms with Gasteiger partial charge in [0.1, 0.15) is 5.82 Å². The summed E-state index contributed by atoms with van der Waals surface area (Å²) in [4.78, 5) is 29.6. The molecule has 1 saturated carbocycles. The first kappa shape index (κ1) is 26.5. The highest BCUT2D eigenvalue weighted by Gasteiger charge is 2.38. The second kappa shape index (κ2) is 11.9. The normalized spacial score (nSPS) is 22.8. The lowest BCUT2D eigenvalue weighted by molar-refractivity contribution is 0.0267. The number of aromatic nitrogens is 2. The molecule has 0 radical (unpaired) electrons. The summed E-state index contributed by atoms with van der Waals surface area (Å²) in [6.07, 6.45) is 9.34. The molecular formula is C31H41N5O3S. The average molecular weight is 564 g/mol. The molecule has 40 heavy (non-hydrogen) atoms. The molecular weight excluding hydrogens is 522 g/mol. The van der Waals surface area contributed by atoms with Crippen molar-refractivity contribution in [3.63, 3.8) is 0 Å². The zero-order valence-electron chi connectivity index (χ0n) is 23.4. The third-order valence-electron chi connectivity index (χ3n) is 9.21. The van der Waals surface area contributed by atoms with Gasteiger partial charge in [0, 0.05) is 75.4 Å². The topological polar surface area (TPSA) is 79.8 Å². The predicted molar refractivity (Wildman–Crippen MR) is 158 cm³/mol. The Kier molecular flexibility index (Phi) is 7.87. The summed E-state index contributed by atoms with van der Waals surface area (Å²) in [5.41, 5.74) is 3.34. The number of anilines is 2. The average Bonchev–Trinajstić information content (AvgIpc) is 3.73. The molecule has 9 heteroatoms. The highest BCUT2D eigenvalue weighted by atomic mass is 32.2. The molecule has 214 valence electrons. The van der Waals surface area contributed by atoms with Gasteiger partial charge in [-0.25, -0.2) is 4.98 Å². The van der Waals surface area contributed by atoms with Crippen LogP contribution in [-0.2, 0) is 15.9 Å². The van der Waals surface area contributed by atoms with Crippen molar-refractivity contribution in [1.82, 2.24) is 14.9 Å². The van der Waals surface area contributed by atoms with Gasteiger partial charge in [0.05, 0.1) is 10.6 Å². The first-order chi connectivity index (χ1) is 19.7. The first-order valence-corrected chi connectivity index (χ1v) is 16.3. The molecule has 3 saturated heterocycles. The Hall–Kier alpha value is -2.36. The third kappa shape index (κ3) is 5.70. The van der Waals surface area contributed by atoms with Crippen molar-refractivity contribution in [2.24, 2.45) is 0 Å². The molecule has 5 heterocycles. The summed E-state index contributed by atoms with van der Waals surface area (Å²) in [6.45, 7) is 5.03. The largest absolute Gasteiger partial charge is 0.381 e. The van der Waals surface area contributed by atoms with Crippen LogP contribution in [-0.4, -0.2) is 84.2 Å². The van der Waals surface area contributed by atoms with Crippen LogP contribution in [0.5, 0.6) is 0 Å². The SMILES string of the molecule is O=C(c1cccc(C2CCN(c3nc4c(c(NC5CCOCC5)n3)SCC4)CC2)c1)N(C1CCOCC1)C1CC1. The maximum atomic E-state index is 13.7. The third-order valence-corrected chi connectivity index (χ3v) is 10.3. The Balaban J connectivity index is 1.03. The lowest BCUT2D eigenvalue weighted by Crippen LogP contribution is -2.44. The number of rotatable bonds is 7. The van der Waals surface area contributed by atoms with Crippen molar-refractivity contribution in [3.8, 4) is 0 Å². The minimum absolute atomic E-state index is 0.211. The smallest absolute Gasteiger partial charge is 0.254 e. The van der Waals surface area contributed by atoms with Crippen LogP contribution >= 0.6 is 11.8 Å². The van der Waals surface area contributed by atoms with E-state index in [1.54, 1.807) is 0 Å². The highest BCUT2D eigenvalue weighted by molar-refractivity contribution is 7.99. The number of amides is 1. The number of aryl methyl sites for hydroxylation is 1. The van der Waals surface area contributed by atoms with Gasteiger partial charge in [-0.15, -0.1) is 11.8 Å². The molecule has 1 N–H and O–H groups in total. The Morgan fingerprint density at radius 1 is 0.925 bits per heavy atom. The van der Waals surface area contributed by atoms with Gasteiger partial charge in [-0.1, -0.05) is 12.1 Å². The summed E-state index contributed by atoms with van der Waals surface area (Å²) in [5, 5.41) is 3.74. The summed E-state index contributed by atoms with van der Waals surface area (Å²) < 4.78 is 11.1. The molecule has 5 aliphatic rings. The summed E-state index contributed by atoms with van der Waals surface area (Å²) in [6, 6.07) is 9.64. The lowest BCUT2D eigenvalue weighted by atomic mass is 9.88. The number of fused-ring (bicyclic) bond motifs is 1. The zero-order valence-corrected chi connectivity index (χ0v) is 24.2. The summed E-state index contributed by atoms with van der Waals surface area (Å²) in [5.74, 6) is 3.64. The fourth-order valence-electron chi connectivity index (χ4n) is 6.76. The number of hydrogen-bond acceptors (Lipinski definition) is 8. The van der Waals surface area contributed by atoms with E-state index in [-0.39, 0.29) is 5.91 Å². The maximum absolute atomic E-state index is 13.7. The van der Waals surface area contributed by atoms with Crippen LogP contribution < -0.4 is 10.2 Å². The van der Waals surface area contributed by atoms with Gasteiger partial charge in [0.15, 0.2) is 0 Å². The van der Waals surface area contributed by atoms with Crippen LogP contribution in [0.2, 0.25) is 0 Å². The molecule has 0 atom stereocenters. The molecule has 2 aromatic rings. The standard InChI is InChI=1S/C31H41N5O3S/c37-30(36(25-4-5-25)26-10-17-39-18-11-26)23-3-1-2-22(20-23)21-6-13-35(14-7-21)31-33-27-12-19-40-28(27)29(34-31)32-24-8-15-38-16-9-24/h1-3,20-21,24-26H,4-19H2,(H,32,33,34). The van der Waals surface area contributed by atoms with Gasteiger partial charge >= 0.3 is 0 Å². The van der Waals surface area contributed by atoms with E-state index in [1.165, 1.54) is 16.2 Å².